The van der Waals surface area contributed by atoms with Gasteiger partial charge in [0.2, 0.25) is 5.95 Å². The number of piperazine rings is 1. The van der Waals surface area contributed by atoms with Gasteiger partial charge in [-0.2, -0.15) is 4.98 Å². The molecular weight excluding hydrogens is 410 g/mol. The summed E-state index contributed by atoms with van der Waals surface area (Å²) in [5.41, 5.74) is 5.15. The second kappa shape index (κ2) is 9.22. The number of hydrogen-bond donors (Lipinski definition) is 1. The normalized spacial score (nSPS) is 14.3. The van der Waals surface area contributed by atoms with E-state index in [0.29, 0.717) is 19.0 Å². The van der Waals surface area contributed by atoms with Crippen LogP contribution in [0, 0.1) is 13.8 Å². The quantitative estimate of drug-likeness (QED) is 0.608. The van der Waals surface area contributed by atoms with Crippen LogP contribution in [0.25, 0.3) is 0 Å². The number of carbonyl (C=O) groups excluding carboxylic acids is 1. The molecule has 0 saturated carbocycles. The highest BCUT2D eigenvalue weighted by atomic mass is 16.2. The molecule has 2 heterocycles. The number of aryl methyl sites for hydroxylation is 2. The second-order valence-electron chi connectivity index (χ2n) is 9.79. The summed E-state index contributed by atoms with van der Waals surface area (Å²) < 4.78 is 0. The average molecular weight is 444 g/mol. The van der Waals surface area contributed by atoms with Crippen LogP contribution in [-0.2, 0) is 5.41 Å². The molecule has 6 nitrogen and oxygen atoms in total. The fraction of sp³-hybridized carbons (Fsp3) is 0.370. The van der Waals surface area contributed by atoms with E-state index >= 15 is 0 Å². The molecule has 0 bridgehead atoms. The second-order valence-corrected chi connectivity index (χ2v) is 9.79. The molecule has 1 aliphatic heterocycles. The zero-order valence-corrected chi connectivity index (χ0v) is 20.2. The first kappa shape index (κ1) is 22.8. The summed E-state index contributed by atoms with van der Waals surface area (Å²) in [5.74, 6) is 1.57. The van der Waals surface area contributed by atoms with Gasteiger partial charge in [-0.3, -0.25) is 4.79 Å². The van der Waals surface area contributed by atoms with Gasteiger partial charge in [0.15, 0.2) is 0 Å². The molecule has 1 fully saturated rings. The Balaban J connectivity index is 1.40. The Morgan fingerprint density at radius 2 is 1.52 bits per heavy atom. The summed E-state index contributed by atoms with van der Waals surface area (Å²) in [5, 5.41) is 3.30. The Bertz CT molecular complexity index is 1110. The van der Waals surface area contributed by atoms with Crippen LogP contribution in [0.15, 0.2) is 54.6 Å². The van der Waals surface area contributed by atoms with Gasteiger partial charge in [0, 0.05) is 49.2 Å². The molecule has 3 aromatic rings. The Kier molecular flexibility index (Phi) is 6.36. The standard InChI is InChI=1S/C27H33N5O/c1-19-6-12-23(13-7-19)29-26-28-20(2)18-24(30-26)31-14-16-32(17-15-31)25(33)21-8-10-22(11-9-21)27(3,4)5/h6-13,18H,14-17H2,1-5H3,(H,28,29,30). The van der Waals surface area contributed by atoms with E-state index in [1.807, 2.05) is 42.2 Å². The van der Waals surface area contributed by atoms with E-state index in [4.69, 9.17) is 4.98 Å². The molecule has 1 aromatic heterocycles. The van der Waals surface area contributed by atoms with Crippen molar-refractivity contribution in [3.63, 3.8) is 0 Å². The highest BCUT2D eigenvalue weighted by Gasteiger charge is 2.24. The van der Waals surface area contributed by atoms with Crippen LogP contribution in [0.5, 0.6) is 0 Å². The van der Waals surface area contributed by atoms with Crippen molar-refractivity contribution in [1.82, 2.24) is 14.9 Å². The van der Waals surface area contributed by atoms with Crippen molar-refractivity contribution in [2.75, 3.05) is 36.4 Å². The molecular formula is C27H33N5O. The zero-order chi connectivity index (χ0) is 23.6. The fourth-order valence-corrected chi connectivity index (χ4v) is 3.97. The number of benzene rings is 2. The smallest absolute Gasteiger partial charge is 0.253 e. The summed E-state index contributed by atoms with van der Waals surface area (Å²) in [6, 6.07) is 18.2. The Hall–Kier alpha value is -3.41. The van der Waals surface area contributed by atoms with E-state index in [1.165, 1.54) is 11.1 Å². The molecule has 0 radical (unpaired) electrons. The highest BCUT2D eigenvalue weighted by Crippen LogP contribution is 2.24. The summed E-state index contributed by atoms with van der Waals surface area (Å²) in [4.78, 5) is 26.4. The minimum atomic E-state index is 0.0794. The first-order valence-electron chi connectivity index (χ1n) is 11.5. The Morgan fingerprint density at radius 3 is 2.12 bits per heavy atom. The molecule has 172 valence electrons. The van der Waals surface area contributed by atoms with Crippen LogP contribution in [0.2, 0.25) is 0 Å². The number of hydrogen-bond acceptors (Lipinski definition) is 5. The Morgan fingerprint density at radius 1 is 0.879 bits per heavy atom. The van der Waals surface area contributed by atoms with Crippen molar-refractivity contribution in [2.24, 2.45) is 0 Å². The molecule has 0 aliphatic carbocycles. The molecule has 0 spiro atoms. The van der Waals surface area contributed by atoms with E-state index in [0.717, 1.165) is 35.9 Å². The highest BCUT2D eigenvalue weighted by molar-refractivity contribution is 5.94. The van der Waals surface area contributed by atoms with Crippen molar-refractivity contribution < 1.29 is 4.79 Å². The summed E-state index contributed by atoms with van der Waals surface area (Å²) in [6.45, 7) is 13.4. The van der Waals surface area contributed by atoms with E-state index in [1.54, 1.807) is 0 Å². The third-order valence-corrected chi connectivity index (χ3v) is 6.04. The van der Waals surface area contributed by atoms with Crippen molar-refractivity contribution in [3.8, 4) is 0 Å². The number of carbonyl (C=O) groups is 1. The van der Waals surface area contributed by atoms with Gasteiger partial charge in [0.05, 0.1) is 0 Å². The molecule has 0 unspecified atom stereocenters. The largest absolute Gasteiger partial charge is 0.353 e. The first-order chi connectivity index (χ1) is 15.7. The molecule has 1 aliphatic rings. The first-order valence-corrected chi connectivity index (χ1v) is 11.5. The molecule has 0 atom stereocenters. The zero-order valence-electron chi connectivity index (χ0n) is 20.2. The predicted octanol–water partition coefficient (Wildman–Crippen LogP) is 5.10. The van der Waals surface area contributed by atoms with Crippen LogP contribution in [0.1, 0.15) is 48.0 Å². The summed E-state index contributed by atoms with van der Waals surface area (Å²) in [6.07, 6.45) is 0. The van der Waals surface area contributed by atoms with Crippen LogP contribution in [0.3, 0.4) is 0 Å². The lowest BCUT2D eigenvalue weighted by atomic mass is 9.86. The van der Waals surface area contributed by atoms with Crippen LogP contribution >= 0.6 is 0 Å². The van der Waals surface area contributed by atoms with Gasteiger partial charge in [-0.15, -0.1) is 0 Å². The van der Waals surface area contributed by atoms with E-state index in [2.05, 4.69) is 67.2 Å². The molecule has 4 rings (SSSR count). The minimum absolute atomic E-state index is 0.0794. The van der Waals surface area contributed by atoms with E-state index in [-0.39, 0.29) is 11.3 Å². The number of nitrogens with zero attached hydrogens (tertiary/aromatic N) is 4. The topological polar surface area (TPSA) is 61.4 Å². The number of nitrogens with one attached hydrogen (secondary N) is 1. The number of anilines is 3. The van der Waals surface area contributed by atoms with Gasteiger partial charge in [0.25, 0.3) is 5.91 Å². The van der Waals surface area contributed by atoms with Gasteiger partial charge < -0.3 is 15.1 Å². The molecule has 2 aromatic carbocycles. The Labute approximate surface area is 196 Å². The fourth-order valence-electron chi connectivity index (χ4n) is 3.97. The van der Waals surface area contributed by atoms with Gasteiger partial charge >= 0.3 is 0 Å². The summed E-state index contributed by atoms with van der Waals surface area (Å²) in [7, 11) is 0. The maximum Gasteiger partial charge on any atom is 0.253 e. The van der Waals surface area contributed by atoms with Crippen molar-refractivity contribution >= 4 is 23.4 Å². The van der Waals surface area contributed by atoms with Gasteiger partial charge in [-0.25, -0.2) is 4.98 Å². The molecule has 6 heteroatoms. The molecule has 1 amide bonds. The number of amides is 1. The molecule has 1 saturated heterocycles. The van der Waals surface area contributed by atoms with Crippen molar-refractivity contribution in [3.05, 3.63) is 77.0 Å². The monoisotopic (exact) mass is 443 g/mol. The number of rotatable bonds is 4. The maximum absolute atomic E-state index is 13.0. The SMILES string of the molecule is Cc1ccc(Nc2nc(C)cc(N3CCN(C(=O)c4ccc(C(C)(C)C)cc4)CC3)n2)cc1. The third kappa shape index (κ3) is 5.51. The van der Waals surface area contributed by atoms with Crippen molar-refractivity contribution in [1.29, 1.82) is 0 Å². The predicted molar refractivity (Wildman–Crippen MR) is 134 cm³/mol. The van der Waals surface area contributed by atoms with Gasteiger partial charge in [-0.05, 0) is 49.1 Å². The number of aromatic nitrogens is 2. The lowest BCUT2D eigenvalue weighted by Crippen LogP contribution is -2.49. The lowest BCUT2D eigenvalue weighted by molar-refractivity contribution is 0.0746. The summed E-state index contributed by atoms with van der Waals surface area (Å²) >= 11 is 0. The van der Waals surface area contributed by atoms with E-state index < -0.39 is 0 Å². The minimum Gasteiger partial charge on any atom is -0.353 e. The lowest BCUT2D eigenvalue weighted by Gasteiger charge is -2.35. The van der Waals surface area contributed by atoms with Gasteiger partial charge in [-0.1, -0.05) is 50.6 Å². The van der Waals surface area contributed by atoms with Crippen LogP contribution in [-0.4, -0.2) is 47.0 Å². The van der Waals surface area contributed by atoms with Crippen LogP contribution < -0.4 is 10.2 Å². The van der Waals surface area contributed by atoms with Gasteiger partial charge in [0.1, 0.15) is 5.82 Å². The van der Waals surface area contributed by atoms with E-state index in [9.17, 15) is 4.79 Å². The van der Waals surface area contributed by atoms with Crippen molar-refractivity contribution in [2.45, 2.75) is 40.0 Å². The molecule has 1 N–H and O–H groups in total. The average Bonchev–Trinajstić information content (AvgIpc) is 2.79. The third-order valence-electron chi connectivity index (χ3n) is 6.04. The van der Waals surface area contributed by atoms with Crippen LogP contribution in [0.4, 0.5) is 17.5 Å². The maximum atomic E-state index is 13.0. The molecule has 33 heavy (non-hydrogen) atoms.